The van der Waals surface area contributed by atoms with Crippen LogP contribution in [0.4, 0.5) is 0 Å². The average Bonchev–Trinajstić information content (AvgIpc) is 3.63. The summed E-state index contributed by atoms with van der Waals surface area (Å²) < 4.78 is 2.55. The molecule has 210 valence electrons. The summed E-state index contributed by atoms with van der Waals surface area (Å²) >= 11 is 0. The number of carbonyl (C=O) groups is 3. The maximum absolute atomic E-state index is 12.8. The minimum atomic E-state index is -1.30. The van der Waals surface area contributed by atoms with Crippen LogP contribution >= 0.6 is 0 Å². The van der Waals surface area contributed by atoms with Crippen molar-refractivity contribution in [1.29, 1.82) is 5.41 Å². The molecule has 0 unspecified atom stereocenters. The summed E-state index contributed by atoms with van der Waals surface area (Å²) in [6, 6.07) is 10.5. The minimum Gasteiger partial charge on any atom is -0.507 e. The van der Waals surface area contributed by atoms with Crippen LogP contribution in [-0.2, 0) is 0 Å². The number of nitrogens with two attached hydrogens (primary N) is 1. The monoisotopic (exact) mass is 569 g/mol. The molecule has 5 rings (SSSR count). The zero-order valence-electron chi connectivity index (χ0n) is 21.2. The lowest BCUT2D eigenvalue weighted by Crippen LogP contribution is -2.15. The number of carboxylic acid groups (broad SMARTS) is 2. The number of amidine groups is 1. The average molecular weight is 569 g/mol. The maximum Gasteiger partial charge on any atom is 0.339 e. The van der Waals surface area contributed by atoms with Crippen LogP contribution in [0.2, 0.25) is 0 Å². The summed E-state index contributed by atoms with van der Waals surface area (Å²) in [7, 11) is 0. The van der Waals surface area contributed by atoms with Crippen molar-refractivity contribution >= 4 is 23.6 Å². The summed E-state index contributed by atoms with van der Waals surface area (Å²) in [6.07, 6.45) is 2.54. The van der Waals surface area contributed by atoms with Gasteiger partial charge in [0, 0.05) is 17.7 Å². The molecule has 0 amide bonds. The Morgan fingerprint density at radius 2 is 1.19 bits per heavy atom. The predicted octanol–water partition coefficient (Wildman–Crippen LogP) is 1.89. The fourth-order valence-corrected chi connectivity index (χ4v) is 3.93. The van der Waals surface area contributed by atoms with Gasteiger partial charge in [0.15, 0.2) is 5.78 Å². The molecule has 7 N–H and O–H groups in total. The molecule has 0 bridgehead atoms. The lowest BCUT2D eigenvalue weighted by Gasteiger charge is -2.06. The summed E-state index contributed by atoms with van der Waals surface area (Å²) in [5.74, 6) is -4.35. The van der Waals surface area contributed by atoms with E-state index in [1.807, 2.05) is 0 Å². The van der Waals surface area contributed by atoms with Gasteiger partial charge in [-0.15, -0.1) is 10.2 Å². The molecule has 0 saturated carbocycles. The molecule has 0 atom stereocenters. The number of hydrogen-bond acceptors (Lipinski definition) is 11. The fourth-order valence-electron chi connectivity index (χ4n) is 3.93. The first kappa shape index (κ1) is 27.1. The minimum absolute atomic E-state index is 0.140. The van der Waals surface area contributed by atoms with Crippen LogP contribution in [0.3, 0.4) is 0 Å². The molecule has 0 saturated heterocycles. The van der Waals surface area contributed by atoms with Crippen LogP contribution < -0.4 is 5.73 Å². The second-order valence-electron chi connectivity index (χ2n) is 8.86. The Balaban J connectivity index is 1.54. The number of ketones is 1. The van der Waals surface area contributed by atoms with Gasteiger partial charge in [-0.2, -0.15) is 0 Å². The first-order valence-corrected chi connectivity index (χ1v) is 11.9. The highest BCUT2D eigenvalue weighted by Crippen LogP contribution is 2.27. The van der Waals surface area contributed by atoms with Gasteiger partial charge in [-0.25, -0.2) is 23.9 Å². The Hall–Kier alpha value is -6.45. The van der Waals surface area contributed by atoms with Gasteiger partial charge in [-0.3, -0.25) is 10.2 Å². The Labute approximate surface area is 234 Å². The summed E-state index contributed by atoms with van der Waals surface area (Å²) in [5, 5.41) is 62.1. The molecule has 16 nitrogen and oxygen atoms in total. The molecule has 0 radical (unpaired) electrons. The van der Waals surface area contributed by atoms with Crippen LogP contribution in [0.1, 0.15) is 37.5 Å². The van der Waals surface area contributed by atoms with Gasteiger partial charge in [0.05, 0.1) is 47.4 Å². The Kier molecular flexibility index (Phi) is 6.85. The van der Waals surface area contributed by atoms with Crippen molar-refractivity contribution in [3.05, 3.63) is 77.6 Å². The van der Waals surface area contributed by atoms with E-state index in [0.29, 0.717) is 11.4 Å². The lowest BCUT2D eigenvalue weighted by molar-refractivity contribution is 0.0682. The largest absolute Gasteiger partial charge is 0.507 e. The van der Waals surface area contributed by atoms with Crippen LogP contribution in [-0.4, -0.2) is 79.0 Å². The van der Waals surface area contributed by atoms with Crippen molar-refractivity contribution in [2.24, 2.45) is 5.73 Å². The fraction of sp³-hybridized carbons (Fsp3) is 0.0385. The number of nitrogens with one attached hydrogen (secondary N) is 1. The molecule has 3 heterocycles. The zero-order chi connectivity index (χ0) is 30.1. The Morgan fingerprint density at radius 3 is 1.57 bits per heavy atom. The molecule has 5 aromatic rings. The highest BCUT2D eigenvalue weighted by molar-refractivity contribution is 6.08. The van der Waals surface area contributed by atoms with Crippen molar-refractivity contribution < 1.29 is 34.8 Å². The number of rotatable bonds is 9. The predicted molar refractivity (Wildman–Crippen MR) is 143 cm³/mol. The van der Waals surface area contributed by atoms with Crippen LogP contribution in [0.25, 0.3) is 34.2 Å². The number of hydrogen-bond donors (Lipinski definition) is 6. The number of carbonyl (C=O) groups excluding carboxylic acids is 1. The highest BCUT2D eigenvalue weighted by Gasteiger charge is 2.19. The van der Waals surface area contributed by atoms with Crippen molar-refractivity contribution in [2.45, 2.75) is 6.42 Å². The number of nitrogens with zero attached hydrogens (tertiary/aromatic N) is 7. The number of benzene rings is 2. The normalized spacial score (nSPS) is 10.9. The number of phenols is 2. The molecular formula is C26H19N9O7. The Morgan fingerprint density at radius 1 is 0.738 bits per heavy atom. The van der Waals surface area contributed by atoms with Crippen molar-refractivity contribution in [3.63, 3.8) is 0 Å². The van der Waals surface area contributed by atoms with Crippen molar-refractivity contribution in [1.82, 2.24) is 35.0 Å². The lowest BCUT2D eigenvalue weighted by atomic mass is 10.0. The van der Waals surface area contributed by atoms with E-state index >= 15 is 0 Å². The maximum atomic E-state index is 12.8. The first-order valence-electron chi connectivity index (χ1n) is 11.9. The molecule has 2 aromatic carbocycles. The van der Waals surface area contributed by atoms with E-state index in [9.17, 15) is 24.6 Å². The topological polar surface area (TPSA) is 256 Å². The molecule has 0 spiro atoms. The van der Waals surface area contributed by atoms with Gasteiger partial charge < -0.3 is 26.2 Å². The number of aromatic nitrogens is 7. The van der Waals surface area contributed by atoms with Crippen LogP contribution in [0.15, 0.2) is 60.9 Å². The van der Waals surface area contributed by atoms with Crippen LogP contribution in [0, 0.1) is 5.41 Å². The van der Waals surface area contributed by atoms with E-state index < -0.39 is 29.2 Å². The second kappa shape index (κ2) is 10.6. The van der Waals surface area contributed by atoms with Gasteiger partial charge in [0.1, 0.15) is 34.0 Å². The number of aromatic carboxylic acids is 2. The number of aromatic hydroxyl groups is 2. The molecule has 16 heteroatoms. The van der Waals surface area contributed by atoms with E-state index in [0.717, 1.165) is 0 Å². The first-order chi connectivity index (χ1) is 20.0. The molecule has 3 aromatic heterocycles. The van der Waals surface area contributed by atoms with Gasteiger partial charge >= 0.3 is 11.9 Å². The smallest absolute Gasteiger partial charge is 0.339 e. The molecule has 0 fully saturated rings. The molecular weight excluding hydrogens is 550 g/mol. The van der Waals surface area contributed by atoms with Gasteiger partial charge in [-0.1, -0.05) is 10.4 Å². The van der Waals surface area contributed by atoms with Crippen molar-refractivity contribution in [3.8, 4) is 45.6 Å². The number of carboxylic acids is 2. The molecule has 42 heavy (non-hydrogen) atoms. The van der Waals surface area contributed by atoms with Crippen LogP contribution in [0.5, 0.6) is 11.5 Å². The third-order valence-electron chi connectivity index (χ3n) is 5.96. The quantitative estimate of drug-likeness (QED) is 0.0843. The zero-order valence-corrected chi connectivity index (χ0v) is 21.2. The summed E-state index contributed by atoms with van der Waals surface area (Å²) in [4.78, 5) is 39.8. The van der Waals surface area contributed by atoms with E-state index in [-0.39, 0.29) is 51.7 Å². The molecule has 0 aliphatic rings. The molecule has 0 aliphatic carbocycles. The summed E-state index contributed by atoms with van der Waals surface area (Å²) in [5.41, 5.74) is 6.39. The van der Waals surface area contributed by atoms with E-state index in [1.54, 1.807) is 0 Å². The van der Waals surface area contributed by atoms with Gasteiger partial charge in [0.2, 0.25) is 0 Å². The van der Waals surface area contributed by atoms with Gasteiger partial charge in [0.25, 0.3) is 0 Å². The van der Waals surface area contributed by atoms with E-state index in [1.165, 1.54) is 70.3 Å². The standard InChI is InChI=1S/C26H19N9O7/c27-24(28)9-21(36)12-5-17(19-10-34(32-30-19)13-1-3-15(25(39)40)22(37)7-13)29-18(6-12)20-11-35(33-31-20)14-2-4-16(26(41)42)23(38)8-14/h1-8,10-11,37-38H,9H2,(H3,27,28)(H,39,40)(H,41,42). The molecule has 0 aliphatic heterocycles. The van der Waals surface area contributed by atoms with Gasteiger partial charge in [-0.05, 0) is 36.4 Å². The van der Waals surface area contributed by atoms with E-state index in [2.05, 4.69) is 25.6 Å². The second-order valence-corrected chi connectivity index (χ2v) is 8.86. The number of pyridine rings is 1. The van der Waals surface area contributed by atoms with E-state index in [4.69, 9.17) is 21.4 Å². The third-order valence-corrected chi connectivity index (χ3v) is 5.96. The summed E-state index contributed by atoms with van der Waals surface area (Å²) in [6.45, 7) is 0. The SMILES string of the molecule is N=C(N)CC(=O)c1cc(-c2cn(-c3ccc(C(=O)O)c(O)c3)nn2)nc(-c2cn(-c3ccc(C(=O)O)c(O)c3)nn2)c1. The Bertz CT molecular complexity index is 1790. The third kappa shape index (κ3) is 5.34. The highest BCUT2D eigenvalue weighted by atomic mass is 16.4. The van der Waals surface area contributed by atoms with Crippen molar-refractivity contribution in [2.75, 3.05) is 0 Å². The number of Topliss-reactive ketones (excluding diaryl/α,β-unsaturated/α-hetero) is 1.